The van der Waals surface area contributed by atoms with Gasteiger partial charge in [0, 0.05) is 12.5 Å². The number of benzene rings is 2. The van der Waals surface area contributed by atoms with Gasteiger partial charge in [-0.2, -0.15) is 5.26 Å². The molecule has 1 unspecified atom stereocenters. The molecule has 5 heteroatoms. The first-order valence-corrected chi connectivity index (χ1v) is 8.49. The molecule has 0 amide bonds. The van der Waals surface area contributed by atoms with Crippen LogP contribution in [0.1, 0.15) is 37.9 Å². The van der Waals surface area contributed by atoms with E-state index in [0.717, 1.165) is 22.3 Å². The number of nitriles is 1. The van der Waals surface area contributed by atoms with Crippen LogP contribution >= 0.6 is 0 Å². The summed E-state index contributed by atoms with van der Waals surface area (Å²) in [6, 6.07) is 17.5. The number of nitrogens with one attached hydrogen (secondary N) is 1. The van der Waals surface area contributed by atoms with Crippen LogP contribution in [0.25, 0.3) is 11.1 Å². The zero-order valence-electron chi connectivity index (χ0n) is 15.1. The van der Waals surface area contributed by atoms with E-state index >= 15 is 0 Å². The molecule has 0 bridgehead atoms. The van der Waals surface area contributed by atoms with Crippen molar-refractivity contribution in [1.82, 2.24) is 5.32 Å². The summed E-state index contributed by atoms with van der Waals surface area (Å²) in [6.45, 7) is 5.45. The third kappa shape index (κ3) is 3.60. The van der Waals surface area contributed by atoms with Crippen LogP contribution in [0.2, 0.25) is 0 Å². The maximum atomic E-state index is 11.2. The van der Waals surface area contributed by atoms with E-state index in [1.54, 1.807) is 0 Å². The summed E-state index contributed by atoms with van der Waals surface area (Å²) in [4.78, 5) is 15.9. The second kappa shape index (κ2) is 7.01. The van der Waals surface area contributed by atoms with Gasteiger partial charge in [-0.05, 0) is 30.5 Å². The number of esters is 1. The minimum Gasteiger partial charge on any atom is -0.463 e. The molecule has 0 aliphatic carbocycles. The number of carbonyl (C=O) groups excluding carboxylic acids is 1. The Bertz CT molecular complexity index is 909. The van der Waals surface area contributed by atoms with Crippen molar-refractivity contribution in [3.05, 3.63) is 59.7 Å². The van der Waals surface area contributed by atoms with Gasteiger partial charge in [-0.15, -0.1) is 0 Å². The number of nitrogens with zero attached hydrogens (tertiary/aromatic N) is 2. The highest BCUT2D eigenvalue weighted by Crippen LogP contribution is 2.35. The molecule has 0 spiro atoms. The fraction of sp³-hybridized carbons (Fsp3) is 0.286. The fourth-order valence-corrected chi connectivity index (χ4v) is 3.01. The third-order valence-corrected chi connectivity index (χ3v) is 4.20. The minimum absolute atomic E-state index is 0.202. The normalized spacial score (nSPS) is 15.6. The molecule has 1 N–H and O–H groups in total. The maximum Gasteiger partial charge on any atom is 0.302 e. The summed E-state index contributed by atoms with van der Waals surface area (Å²) in [6.07, 6.45) is 0. The predicted octanol–water partition coefficient (Wildman–Crippen LogP) is 3.61. The van der Waals surface area contributed by atoms with Gasteiger partial charge in [0.2, 0.25) is 0 Å². The largest absolute Gasteiger partial charge is 0.463 e. The first-order valence-electron chi connectivity index (χ1n) is 8.49. The third-order valence-electron chi connectivity index (χ3n) is 4.20. The smallest absolute Gasteiger partial charge is 0.302 e. The fourth-order valence-electron chi connectivity index (χ4n) is 3.01. The summed E-state index contributed by atoms with van der Waals surface area (Å²) >= 11 is 0. The van der Waals surface area contributed by atoms with Crippen LogP contribution in [0.15, 0.2) is 53.5 Å². The Kier molecular flexibility index (Phi) is 4.77. The second-order valence-electron chi connectivity index (χ2n) is 6.93. The number of aliphatic imine (C=N–C) groups is 1. The molecule has 132 valence electrons. The van der Waals surface area contributed by atoms with Crippen LogP contribution in [0.4, 0.5) is 0 Å². The molecule has 0 fully saturated rings. The lowest BCUT2D eigenvalue weighted by Crippen LogP contribution is -2.47. The van der Waals surface area contributed by atoms with Gasteiger partial charge in [0.25, 0.3) is 0 Å². The van der Waals surface area contributed by atoms with Crippen LogP contribution in [-0.4, -0.2) is 24.0 Å². The molecule has 0 saturated carbocycles. The highest BCUT2D eigenvalue weighted by molar-refractivity contribution is 6.06. The van der Waals surface area contributed by atoms with Gasteiger partial charge in [-0.3, -0.25) is 4.79 Å². The number of carbonyl (C=O) groups is 1. The van der Waals surface area contributed by atoms with Crippen molar-refractivity contribution >= 4 is 11.8 Å². The van der Waals surface area contributed by atoms with Gasteiger partial charge in [-0.1, -0.05) is 48.5 Å². The Balaban J connectivity index is 2.07. The summed E-state index contributed by atoms with van der Waals surface area (Å²) in [7, 11) is 0. The zero-order valence-corrected chi connectivity index (χ0v) is 15.1. The van der Waals surface area contributed by atoms with Gasteiger partial charge in [-0.25, -0.2) is 4.99 Å². The molecule has 1 aliphatic rings. The highest BCUT2D eigenvalue weighted by atomic mass is 16.5. The Morgan fingerprint density at radius 1 is 1.15 bits per heavy atom. The summed E-state index contributed by atoms with van der Waals surface area (Å²) in [5.41, 5.74) is 3.31. The van der Waals surface area contributed by atoms with E-state index in [9.17, 15) is 10.1 Å². The van der Waals surface area contributed by atoms with Gasteiger partial charge in [0.05, 0.1) is 11.6 Å². The van der Waals surface area contributed by atoms with Crippen molar-refractivity contribution in [2.24, 2.45) is 4.99 Å². The van der Waals surface area contributed by atoms with Gasteiger partial charge in [0.1, 0.15) is 12.4 Å². The van der Waals surface area contributed by atoms with Crippen molar-refractivity contribution in [2.45, 2.75) is 32.4 Å². The number of amidine groups is 1. The number of hydrogen-bond acceptors (Lipinski definition) is 5. The predicted molar refractivity (Wildman–Crippen MR) is 101 cm³/mol. The Morgan fingerprint density at radius 3 is 2.42 bits per heavy atom. The number of hydrogen-bond donors (Lipinski definition) is 1. The molecule has 1 atom stereocenters. The lowest BCUT2D eigenvalue weighted by Gasteiger charge is -2.28. The number of fused-ring (bicyclic) bond motifs is 3. The van der Waals surface area contributed by atoms with E-state index < -0.39 is 11.6 Å². The molecule has 5 nitrogen and oxygen atoms in total. The van der Waals surface area contributed by atoms with Crippen molar-refractivity contribution in [2.75, 3.05) is 6.61 Å². The quantitative estimate of drug-likeness (QED) is 0.861. The van der Waals surface area contributed by atoms with Crippen LogP contribution in [0, 0.1) is 11.3 Å². The van der Waals surface area contributed by atoms with E-state index in [4.69, 9.17) is 9.73 Å². The average molecular weight is 347 g/mol. The molecule has 1 heterocycles. The SMILES string of the molecule is CC(=O)OCC(C)(C)NC1=NC(C#N)c2ccccc2-c2ccccc21. The number of rotatable bonds is 3. The standard InChI is InChI=1S/C21H21N3O2/c1-14(25)26-13-21(2,3)24-20-18-11-7-5-9-16(18)15-8-4-6-10-17(15)19(12-22)23-20/h4-11,19H,13H2,1-3H3,(H,23,24). The van der Waals surface area contributed by atoms with Crippen LogP contribution < -0.4 is 5.32 Å². The maximum absolute atomic E-state index is 11.2. The molecule has 26 heavy (non-hydrogen) atoms. The summed E-state index contributed by atoms with van der Waals surface area (Å²) in [5.74, 6) is 0.297. The van der Waals surface area contributed by atoms with Crippen molar-refractivity contribution in [3.8, 4) is 17.2 Å². The minimum atomic E-state index is -0.606. The molecule has 0 radical (unpaired) electrons. The van der Waals surface area contributed by atoms with Crippen molar-refractivity contribution < 1.29 is 9.53 Å². The molecular formula is C21H21N3O2. The van der Waals surface area contributed by atoms with E-state index in [1.165, 1.54) is 6.92 Å². The van der Waals surface area contributed by atoms with E-state index in [0.29, 0.717) is 5.84 Å². The van der Waals surface area contributed by atoms with E-state index in [1.807, 2.05) is 62.4 Å². The monoisotopic (exact) mass is 347 g/mol. The van der Waals surface area contributed by atoms with Gasteiger partial charge < -0.3 is 10.1 Å². The lowest BCUT2D eigenvalue weighted by molar-refractivity contribution is -0.142. The molecule has 3 rings (SSSR count). The Hall–Kier alpha value is -3.13. The summed E-state index contributed by atoms with van der Waals surface area (Å²) in [5, 5.41) is 13.0. The highest BCUT2D eigenvalue weighted by Gasteiger charge is 2.27. The zero-order chi connectivity index (χ0) is 18.7. The van der Waals surface area contributed by atoms with Gasteiger partial charge >= 0.3 is 5.97 Å². The van der Waals surface area contributed by atoms with Crippen LogP contribution in [0.3, 0.4) is 0 Å². The van der Waals surface area contributed by atoms with Gasteiger partial charge in [0.15, 0.2) is 6.04 Å². The molecule has 0 saturated heterocycles. The van der Waals surface area contributed by atoms with Crippen molar-refractivity contribution in [1.29, 1.82) is 5.26 Å². The Morgan fingerprint density at radius 2 is 1.77 bits per heavy atom. The van der Waals surface area contributed by atoms with Crippen LogP contribution in [-0.2, 0) is 9.53 Å². The first-order chi connectivity index (χ1) is 12.4. The molecule has 0 aromatic heterocycles. The molecule has 2 aromatic carbocycles. The molecule has 1 aliphatic heterocycles. The second-order valence-corrected chi connectivity index (χ2v) is 6.93. The van der Waals surface area contributed by atoms with E-state index in [2.05, 4.69) is 11.4 Å². The molecular weight excluding hydrogens is 326 g/mol. The Labute approximate surface area is 153 Å². The topological polar surface area (TPSA) is 74.5 Å². The van der Waals surface area contributed by atoms with Crippen molar-refractivity contribution in [3.63, 3.8) is 0 Å². The van der Waals surface area contributed by atoms with E-state index in [-0.39, 0.29) is 12.6 Å². The summed E-state index contributed by atoms with van der Waals surface area (Å²) < 4.78 is 5.16. The lowest BCUT2D eigenvalue weighted by atomic mass is 9.93. The average Bonchev–Trinajstić information content (AvgIpc) is 2.76. The first kappa shape index (κ1) is 17.7. The molecule has 2 aromatic rings. The number of ether oxygens (including phenoxy) is 1. The van der Waals surface area contributed by atoms with Crippen LogP contribution in [0.5, 0.6) is 0 Å².